The van der Waals surface area contributed by atoms with Gasteiger partial charge in [0.25, 0.3) is 5.91 Å². The van der Waals surface area contributed by atoms with E-state index < -0.39 is 11.8 Å². The fourth-order valence-corrected chi connectivity index (χ4v) is 4.53. The minimum absolute atomic E-state index is 0.122. The summed E-state index contributed by atoms with van der Waals surface area (Å²) in [4.78, 5) is 34.3. The average Bonchev–Trinajstić information content (AvgIpc) is 3.48. The molecule has 0 aliphatic carbocycles. The number of carbonyl (C=O) groups excluding carboxylic acids is 1. The minimum atomic E-state index is -1.63. The van der Waals surface area contributed by atoms with Gasteiger partial charge < -0.3 is 25.4 Å². The first-order chi connectivity index (χ1) is 14.9. The Morgan fingerprint density at radius 1 is 1.32 bits per heavy atom. The lowest BCUT2D eigenvalue weighted by atomic mass is 9.93. The summed E-state index contributed by atoms with van der Waals surface area (Å²) < 4.78 is 0. The number of amides is 2. The van der Waals surface area contributed by atoms with Gasteiger partial charge in [0.05, 0.1) is 11.0 Å². The molecule has 0 spiro atoms. The largest absolute Gasteiger partial charge is 0.465 e. The van der Waals surface area contributed by atoms with Crippen molar-refractivity contribution in [3.05, 3.63) is 59.2 Å². The van der Waals surface area contributed by atoms with Gasteiger partial charge in [-0.1, -0.05) is 24.3 Å². The molecule has 4 N–H and O–H groups in total. The number of carbonyl (C=O) groups is 2. The molecule has 3 heterocycles. The van der Waals surface area contributed by atoms with Gasteiger partial charge in [-0.25, -0.2) is 9.78 Å². The minimum Gasteiger partial charge on any atom is -0.465 e. The zero-order valence-electron chi connectivity index (χ0n) is 17.0. The number of aliphatic hydroxyl groups is 1. The third kappa shape index (κ3) is 2.96. The number of benzene rings is 2. The van der Waals surface area contributed by atoms with Crippen LogP contribution >= 0.6 is 0 Å². The molecule has 1 saturated heterocycles. The van der Waals surface area contributed by atoms with E-state index in [-0.39, 0.29) is 17.9 Å². The van der Waals surface area contributed by atoms with Crippen molar-refractivity contribution < 1.29 is 19.8 Å². The Balaban J connectivity index is 1.61. The summed E-state index contributed by atoms with van der Waals surface area (Å²) in [6.07, 6.45) is 0.849. The molecule has 3 aromatic rings. The maximum Gasteiger partial charge on any atom is 0.413 e. The molecule has 0 bridgehead atoms. The molecular weight excluding hydrogens is 398 g/mol. The molecule has 31 heavy (non-hydrogen) atoms. The van der Waals surface area contributed by atoms with Gasteiger partial charge in [-0.2, -0.15) is 0 Å². The van der Waals surface area contributed by atoms with E-state index in [0.717, 1.165) is 24.3 Å². The summed E-state index contributed by atoms with van der Waals surface area (Å²) in [5.41, 5.74) is 1.06. The fourth-order valence-electron chi connectivity index (χ4n) is 4.53. The molecule has 2 aliphatic heterocycles. The normalized spacial score (nSPS) is 22.8. The molecule has 0 radical (unpaired) electrons. The summed E-state index contributed by atoms with van der Waals surface area (Å²) in [6, 6.07) is 12.4. The molecule has 2 unspecified atom stereocenters. The zero-order valence-corrected chi connectivity index (χ0v) is 17.0. The van der Waals surface area contributed by atoms with Gasteiger partial charge in [-0.05, 0) is 37.6 Å². The number of hydrogen-bond donors (Lipinski definition) is 4. The highest BCUT2D eigenvalue weighted by Gasteiger charge is 2.50. The molecule has 9 nitrogen and oxygen atoms in total. The van der Waals surface area contributed by atoms with E-state index in [1.165, 1.54) is 11.9 Å². The molecule has 2 aliphatic rings. The van der Waals surface area contributed by atoms with Crippen LogP contribution in [0.2, 0.25) is 0 Å². The molecule has 1 aromatic heterocycles. The van der Waals surface area contributed by atoms with Crippen LogP contribution in [-0.4, -0.2) is 63.3 Å². The van der Waals surface area contributed by atoms with E-state index in [1.54, 1.807) is 36.4 Å². The standard InChI is InChI=1S/C22H23N5O4/c1-26(21(29)30)20-24-17-9-8-13(11-18(17)25-20)22(31)16-7-3-2-6-15(16)19(28)27(22)12-14-5-4-10-23-14/h2-3,6-9,11,14,23,31H,4-5,10,12H2,1H3,(H,24,25)(H,29,30). The molecule has 9 heteroatoms. The van der Waals surface area contributed by atoms with Crippen LogP contribution < -0.4 is 10.2 Å². The van der Waals surface area contributed by atoms with E-state index in [9.17, 15) is 19.8 Å². The quantitative estimate of drug-likeness (QED) is 0.512. The van der Waals surface area contributed by atoms with Crippen LogP contribution in [0.1, 0.15) is 34.3 Å². The maximum atomic E-state index is 13.3. The second kappa shape index (κ2) is 7.07. The van der Waals surface area contributed by atoms with Gasteiger partial charge in [-0.3, -0.25) is 9.69 Å². The number of aromatic amines is 1. The van der Waals surface area contributed by atoms with E-state index in [1.807, 2.05) is 6.07 Å². The summed E-state index contributed by atoms with van der Waals surface area (Å²) >= 11 is 0. The molecule has 2 aromatic carbocycles. The van der Waals surface area contributed by atoms with Gasteiger partial charge >= 0.3 is 6.09 Å². The van der Waals surface area contributed by atoms with Crippen LogP contribution in [0.15, 0.2) is 42.5 Å². The number of rotatable bonds is 4. The van der Waals surface area contributed by atoms with Crippen molar-refractivity contribution >= 4 is 29.0 Å². The molecule has 160 valence electrons. The molecule has 1 fully saturated rings. The first-order valence-electron chi connectivity index (χ1n) is 10.2. The molecule has 2 atom stereocenters. The maximum absolute atomic E-state index is 13.3. The van der Waals surface area contributed by atoms with Crippen molar-refractivity contribution in [1.29, 1.82) is 0 Å². The highest BCUT2D eigenvalue weighted by molar-refractivity contribution is 6.00. The number of hydrogen-bond acceptors (Lipinski definition) is 5. The summed E-state index contributed by atoms with van der Waals surface area (Å²) in [5.74, 6) is -0.0237. The van der Waals surface area contributed by atoms with Gasteiger partial charge in [0.2, 0.25) is 5.95 Å². The Hall–Kier alpha value is -3.43. The van der Waals surface area contributed by atoms with E-state index in [2.05, 4.69) is 15.3 Å². The van der Waals surface area contributed by atoms with Crippen molar-refractivity contribution in [2.24, 2.45) is 0 Å². The second-order valence-corrected chi connectivity index (χ2v) is 8.06. The van der Waals surface area contributed by atoms with E-state index in [4.69, 9.17) is 0 Å². The fraction of sp³-hybridized carbons (Fsp3) is 0.318. The highest BCUT2D eigenvalue weighted by atomic mass is 16.4. The Morgan fingerprint density at radius 2 is 2.13 bits per heavy atom. The molecule has 0 saturated carbocycles. The van der Waals surface area contributed by atoms with Gasteiger partial charge in [0.1, 0.15) is 0 Å². The first kappa shape index (κ1) is 19.5. The Kier molecular flexibility index (Phi) is 4.45. The zero-order chi connectivity index (χ0) is 21.8. The lowest BCUT2D eigenvalue weighted by Crippen LogP contribution is -2.49. The van der Waals surface area contributed by atoms with Gasteiger partial charge in [0.15, 0.2) is 5.72 Å². The highest BCUT2D eigenvalue weighted by Crippen LogP contribution is 2.43. The molecule has 5 rings (SSSR count). The Morgan fingerprint density at radius 3 is 2.87 bits per heavy atom. The van der Waals surface area contributed by atoms with Crippen molar-refractivity contribution in [3.63, 3.8) is 0 Å². The summed E-state index contributed by atoms with van der Waals surface area (Å²) in [5, 5.41) is 24.6. The molecule has 2 amide bonds. The third-order valence-electron chi connectivity index (χ3n) is 6.21. The van der Waals surface area contributed by atoms with Crippen LogP contribution in [-0.2, 0) is 5.72 Å². The van der Waals surface area contributed by atoms with Gasteiger partial charge in [0, 0.05) is 36.3 Å². The number of anilines is 1. The summed E-state index contributed by atoms with van der Waals surface area (Å²) in [6.45, 7) is 1.29. The average molecular weight is 421 g/mol. The van der Waals surface area contributed by atoms with E-state index >= 15 is 0 Å². The van der Waals surface area contributed by atoms with Crippen LogP contribution in [0, 0.1) is 0 Å². The number of nitrogens with one attached hydrogen (secondary N) is 2. The number of carboxylic acid groups (broad SMARTS) is 1. The van der Waals surface area contributed by atoms with Crippen LogP contribution in [0.3, 0.4) is 0 Å². The lowest BCUT2D eigenvalue weighted by Gasteiger charge is -2.36. The van der Waals surface area contributed by atoms with E-state index in [0.29, 0.717) is 34.3 Å². The summed E-state index contributed by atoms with van der Waals surface area (Å²) in [7, 11) is 1.40. The number of aromatic nitrogens is 2. The SMILES string of the molecule is CN(C(=O)O)c1nc2ccc(C3(O)c4ccccc4C(=O)N3CC3CCCN3)cc2[nH]1. The number of H-pyrrole nitrogens is 1. The van der Waals surface area contributed by atoms with Crippen LogP contribution in [0.4, 0.5) is 10.7 Å². The van der Waals surface area contributed by atoms with Crippen LogP contribution in [0.5, 0.6) is 0 Å². The predicted molar refractivity (Wildman–Crippen MR) is 114 cm³/mol. The predicted octanol–water partition coefficient (Wildman–Crippen LogP) is 2.08. The van der Waals surface area contributed by atoms with Crippen molar-refractivity contribution in [3.8, 4) is 0 Å². The van der Waals surface area contributed by atoms with Crippen LogP contribution in [0.25, 0.3) is 11.0 Å². The first-order valence-corrected chi connectivity index (χ1v) is 10.2. The topological polar surface area (TPSA) is 122 Å². The number of imidazole rings is 1. The number of nitrogens with zero attached hydrogens (tertiary/aromatic N) is 3. The monoisotopic (exact) mass is 421 g/mol. The van der Waals surface area contributed by atoms with Gasteiger partial charge in [-0.15, -0.1) is 0 Å². The third-order valence-corrected chi connectivity index (χ3v) is 6.21. The van der Waals surface area contributed by atoms with Crippen molar-refractivity contribution in [2.75, 3.05) is 25.0 Å². The van der Waals surface area contributed by atoms with Crippen molar-refractivity contribution in [1.82, 2.24) is 20.2 Å². The second-order valence-electron chi connectivity index (χ2n) is 8.06. The van der Waals surface area contributed by atoms with Crippen molar-refractivity contribution in [2.45, 2.75) is 24.6 Å². The molecular formula is C22H23N5O4. The Bertz CT molecular complexity index is 1190. The lowest BCUT2D eigenvalue weighted by molar-refractivity contribution is -0.0527. The number of fused-ring (bicyclic) bond motifs is 2. The Labute approximate surface area is 178 Å². The smallest absolute Gasteiger partial charge is 0.413 e.